The van der Waals surface area contributed by atoms with Crippen molar-refractivity contribution in [2.75, 3.05) is 7.11 Å². The van der Waals surface area contributed by atoms with Crippen LogP contribution < -0.4 is 14.0 Å². The van der Waals surface area contributed by atoms with Crippen LogP contribution >= 0.6 is 0 Å². The number of hydrogen-bond donors (Lipinski definition) is 1. The van der Waals surface area contributed by atoms with E-state index in [9.17, 15) is 5.11 Å². The molecule has 1 N–H and O–H groups in total. The predicted octanol–water partition coefficient (Wildman–Crippen LogP) is 1.75. The van der Waals surface area contributed by atoms with E-state index in [1.165, 1.54) is 0 Å². The molecule has 1 aliphatic rings. The Balaban J connectivity index is 2.35. The van der Waals surface area contributed by atoms with Gasteiger partial charge in [0.1, 0.15) is 24.0 Å². The minimum absolute atomic E-state index is 0.532. The van der Waals surface area contributed by atoms with E-state index in [1.54, 1.807) is 7.11 Å². The molecule has 0 saturated carbocycles. The van der Waals surface area contributed by atoms with Gasteiger partial charge in [-0.25, -0.2) is 0 Å². The van der Waals surface area contributed by atoms with Crippen LogP contribution in [0.1, 0.15) is 19.4 Å². The summed E-state index contributed by atoms with van der Waals surface area (Å²) in [5.74, 6) is 1.57. The first kappa shape index (κ1) is 13.2. The van der Waals surface area contributed by atoms with E-state index in [2.05, 4.69) is 0 Å². The number of methoxy groups -OCH3 is 1. The molecule has 4 nitrogen and oxygen atoms in total. The van der Waals surface area contributed by atoms with Gasteiger partial charge in [-0.1, -0.05) is 12.1 Å². The summed E-state index contributed by atoms with van der Waals surface area (Å²) in [7, 11) is 3.64. The van der Waals surface area contributed by atoms with Gasteiger partial charge >= 0.3 is 5.88 Å². The first-order valence-electron chi connectivity index (χ1n) is 6.80. The molecule has 0 spiro atoms. The van der Waals surface area contributed by atoms with Gasteiger partial charge in [-0.15, -0.1) is 0 Å². The van der Waals surface area contributed by atoms with Crippen LogP contribution in [0.5, 0.6) is 11.6 Å². The van der Waals surface area contributed by atoms with E-state index in [4.69, 9.17) is 9.47 Å². The molecule has 0 aliphatic carbocycles. The van der Waals surface area contributed by atoms with Gasteiger partial charge in [0.15, 0.2) is 0 Å². The van der Waals surface area contributed by atoms with Crippen molar-refractivity contribution >= 4 is 10.9 Å². The number of aliphatic hydroxyl groups excluding tert-OH is 1. The summed E-state index contributed by atoms with van der Waals surface area (Å²) in [4.78, 5) is 0. The van der Waals surface area contributed by atoms with Gasteiger partial charge in [0.05, 0.1) is 18.6 Å². The molecule has 0 amide bonds. The summed E-state index contributed by atoms with van der Waals surface area (Å²) in [6.45, 7) is 3.81. The van der Waals surface area contributed by atoms with Crippen LogP contribution in [0.3, 0.4) is 0 Å². The van der Waals surface area contributed by atoms with Crippen LogP contribution in [0.25, 0.3) is 10.9 Å². The second-order valence-corrected chi connectivity index (χ2v) is 5.82. The highest BCUT2D eigenvalue weighted by Gasteiger charge is 2.42. The molecule has 1 aromatic carbocycles. The Kier molecular flexibility index (Phi) is 2.87. The van der Waals surface area contributed by atoms with Crippen molar-refractivity contribution in [1.82, 2.24) is 0 Å². The van der Waals surface area contributed by atoms with Crippen molar-refractivity contribution in [3.05, 3.63) is 29.8 Å². The number of pyridine rings is 1. The van der Waals surface area contributed by atoms with Gasteiger partial charge in [-0.3, -0.25) is 0 Å². The molecular weight excluding hydrogens is 254 g/mol. The predicted molar refractivity (Wildman–Crippen MR) is 76.1 cm³/mol. The standard InChI is InChI=1S/C16H20NO3/c1-16(2)13(18)9-11-14(19-4)10-7-5-6-8-12(10)17(3)15(11)20-16/h5-8,13,18H,9H2,1-4H3/q+1/t13-/m0/s1. The zero-order chi connectivity index (χ0) is 14.5. The highest BCUT2D eigenvalue weighted by molar-refractivity contribution is 5.84. The van der Waals surface area contributed by atoms with Gasteiger partial charge in [0, 0.05) is 12.5 Å². The number of aromatic nitrogens is 1. The molecule has 1 aromatic heterocycles. The van der Waals surface area contributed by atoms with Crippen molar-refractivity contribution in [2.24, 2.45) is 7.05 Å². The lowest BCUT2D eigenvalue weighted by atomic mass is 9.91. The quantitative estimate of drug-likeness (QED) is 0.806. The Hall–Kier alpha value is -1.81. The first-order valence-corrected chi connectivity index (χ1v) is 6.80. The molecule has 0 saturated heterocycles. The number of fused-ring (bicyclic) bond motifs is 2. The van der Waals surface area contributed by atoms with Crippen LogP contribution in [0.2, 0.25) is 0 Å². The molecule has 1 aliphatic heterocycles. The van der Waals surface area contributed by atoms with Gasteiger partial charge in [0.2, 0.25) is 5.52 Å². The first-order chi connectivity index (χ1) is 9.45. The fraction of sp³-hybridized carbons (Fsp3) is 0.438. The molecule has 2 aromatic rings. The maximum Gasteiger partial charge on any atom is 0.375 e. The third-order valence-corrected chi connectivity index (χ3v) is 4.11. The molecule has 106 valence electrons. The third-order valence-electron chi connectivity index (χ3n) is 4.11. The maximum absolute atomic E-state index is 10.3. The molecule has 0 bridgehead atoms. The second kappa shape index (κ2) is 4.35. The van der Waals surface area contributed by atoms with E-state index in [0.717, 1.165) is 28.1 Å². The lowest BCUT2D eigenvalue weighted by Gasteiger charge is -2.35. The van der Waals surface area contributed by atoms with E-state index in [0.29, 0.717) is 6.42 Å². The minimum atomic E-state index is -0.599. The Bertz CT molecular complexity index is 679. The van der Waals surface area contributed by atoms with Gasteiger partial charge in [-0.05, 0) is 19.9 Å². The highest BCUT2D eigenvalue weighted by Crippen LogP contribution is 2.39. The van der Waals surface area contributed by atoms with Crippen molar-refractivity contribution in [1.29, 1.82) is 0 Å². The average molecular weight is 274 g/mol. The smallest absolute Gasteiger partial charge is 0.375 e. The van der Waals surface area contributed by atoms with Crippen LogP contribution in [-0.4, -0.2) is 23.9 Å². The summed E-state index contributed by atoms with van der Waals surface area (Å²) in [6.07, 6.45) is -0.0189. The largest absolute Gasteiger partial charge is 0.495 e. The number of hydrogen-bond acceptors (Lipinski definition) is 3. The fourth-order valence-corrected chi connectivity index (χ4v) is 2.83. The number of rotatable bonds is 1. The molecule has 0 unspecified atom stereocenters. The minimum Gasteiger partial charge on any atom is -0.495 e. The Labute approximate surface area is 118 Å². The molecule has 3 rings (SSSR count). The number of benzene rings is 1. The third kappa shape index (κ3) is 1.75. The lowest BCUT2D eigenvalue weighted by Crippen LogP contribution is -2.50. The van der Waals surface area contributed by atoms with Crippen LogP contribution in [0, 0.1) is 0 Å². The highest BCUT2D eigenvalue weighted by atomic mass is 16.5. The molecular formula is C16H20NO3+. The zero-order valence-electron chi connectivity index (χ0n) is 12.3. The Morgan fingerprint density at radius 3 is 2.75 bits per heavy atom. The summed E-state index contributed by atoms with van der Waals surface area (Å²) in [5.41, 5.74) is 1.38. The molecule has 20 heavy (non-hydrogen) atoms. The van der Waals surface area contributed by atoms with Gasteiger partial charge in [-0.2, -0.15) is 4.57 Å². The van der Waals surface area contributed by atoms with Crippen molar-refractivity contribution in [3.8, 4) is 11.6 Å². The molecule has 1 atom stereocenters. The van der Waals surface area contributed by atoms with Gasteiger partial charge < -0.3 is 14.6 Å². The lowest BCUT2D eigenvalue weighted by molar-refractivity contribution is -0.654. The van der Waals surface area contributed by atoms with E-state index in [-0.39, 0.29) is 0 Å². The number of aryl methyl sites for hydroxylation is 1. The summed E-state index contributed by atoms with van der Waals surface area (Å²) in [5, 5.41) is 11.3. The van der Waals surface area contributed by atoms with Crippen molar-refractivity contribution < 1.29 is 19.1 Å². The molecule has 0 radical (unpaired) electrons. The second-order valence-electron chi connectivity index (χ2n) is 5.82. The number of para-hydroxylation sites is 1. The monoisotopic (exact) mass is 274 g/mol. The summed E-state index contributed by atoms with van der Waals surface area (Å²) >= 11 is 0. The van der Waals surface area contributed by atoms with Crippen LogP contribution in [-0.2, 0) is 13.5 Å². The number of nitrogens with zero attached hydrogens (tertiary/aromatic N) is 1. The normalized spacial score (nSPS) is 20.4. The maximum atomic E-state index is 10.3. The fourth-order valence-electron chi connectivity index (χ4n) is 2.83. The summed E-state index contributed by atoms with van der Waals surface area (Å²) < 4.78 is 13.7. The van der Waals surface area contributed by atoms with E-state index >= 15 is 0 Å². The Morgan fingerprint density at radius 1 is 1.35 bits per heavy atom. The van der Waals surface area contributed by atoms with Crippen molar-refractivity contribution in [2.45, 2.75) is 32.0 Å². The zero-order valence-corrected chi connectivity index (χ0v) is 12.3. The van der Waals surface area contributed by atoms with Gasteiger partial charge in [0.25, 0.3) is 0 Å². The molecule has 0 fully saturated rings. The summed E-state index contributed by atoms with van der Waals surface area (Å²) in [6, 6.07) is 8.05. The van der Waals surface area contributed by atoms with Crippen LogP contribution in [0.4, 0.5) is 0 Å². The van der Waals surface area contributed by atoms with Crippen LogP contribution in [0.15, 0.2) is 24.3 Å². The topological polar surface area (TPSA) is 42.6 Å². The average Bonchev–Trinajstić information content (AvgIpc) is 2.42. The number of aliphatic hydroxyl groups is 1. The SMILES string of the molecule is COc1c2c([n+](C)c3ccccc13)OC(C)(C)[C@@H](O)C2. The molecule has 4 heteroatoms. The number of ether oxygens (including phenoxy) is 2. The van der Waals surface area contributed by atoms with E-state index in [1.807, 2.05) is 49.7 Å². The molecule has 2 heterocycles. The van der Waals surface area contributed by atoms with E-state index < -0.39 is 11.7 Å². The Morgan fingerprint density at radius 2 is 2.05 bits per heavy atom. The van der Waals surface area contributed by atoms with Crippen molar-refractivity contribution in [3.63, 3.8) is 0 Å².